The summed E-state index contributed by atoms with van der Waals surface area (Å²) in [6, 6.07) is 0. The molecule has 0 saturated heterocycles. The molecule has 0 amide bonds. The van der Waals surface area contributed by atoms with Gasteiger partial charge in [-0.25, -0.2) is 4.98 Å². The molecule has 86 valence electrons. The predicted molar refractivity (Wildman–Crippen MR) is 62.9 cm³/mol. The number of nitrogens with zero attached hydrogens (tertiary/aromatic N) is 3. The van der Waals surface area contributed by atoms with Crippen molar-refractivity contribution in [1.82, 2.24) is 9.55 Å². The van der Waals surface area contributed by atoms with E-state index in [9.17, 15) is 4.79 Å². The molecule has 2 heterocycles. The number of aromatic nitrogens is 2. The van der Waals surface area contributed by atoms with E-state index in [0.717, 1.165) is 42.8 Å². The highest BCUT2D eigenvalue weighted by Gasteiger charge is 2.29. The van der Waals surface area contributed by atoms with E-state index in [1.807, 2.05) is 18.4 Å². The normalized spacial score (nSPS) is 19.0. The molecule has 1 aromatic rings. The monoisotopic (exact) mass is 219 g/mol. The zero-order chi connectivity index (χ0) is 11.3. The van der Waals surface area contributed by atoms with Gasteiger partial charge in [0.15, 0.2) is 0 Å². The van der Waals surface area contributed by atoms with Gasteiger partial charge in [0.25, 0.3) is 5.56 Å². The van der Waals surface area contributed by atoms with Crippen LogP contribution in [0, 0.1) is 19.8 Å². The third-order valence-electron chi connectivity index (χ3n) is 3.67. The van der Waals surface area contributed by atoms with E-state index in [4.69, 9.17) is 0 Å². The van der Waals surface area contributed by atoms with Gasteiger partial charge in [0.1, 0.15) is 0 Å². The summed E-state index contributed by atoms with van der Waals surface area (Å²) in [5, 5.41) is 0. The Morgan fingerprint density at radius 1 is 1.31 bits per heavy atom. The molecule has 4 nitrogen and oxygen atoms in total. The lowest BCUT2D eigenvalue weighted by atomic mass is 10.3. The van der Waals surface area contributed by atoms with E-state index in [-0.39, 0.29) is 5.56 Å². The third-order valence-corrected chi connectivity index (χ3v) is 3.67. The molecule has 0 radical (unpaired) electrons. The zero-order valence-electron chi connectivity index (χ0n) is 9.86. The second kappa shape index (κ2) is 3.34. The van der Waals surface area contributed by atoms with Crippen molar-refractivity contribution in [3.8, 4) is 0 Å². The number of hydrogen-bond acceptors (Lipinski definition) is 3. The van der Waals surface area contributed by atoms with Crippen LogP contribution in [0.25, 0.3) is 0 Å². The van der Waals surface area contributed by atoms with E-state index in [1.165, 1.54) is 12.8 Å². The lowest BCUT2D eigenvalue weighted by Gasteiger charge is -2.17. The summed E-state index contributed by atoms with van der Waals surface area (Å²) in [4.78, 5) is 18.9. The SMILES string of the molecule is Cc1nc2n(c(=O)c1C)CCN2CC1CC1. The average Bonchev–Trinajstić information content (AvgIpc) is 2.98. The zero-order valence-corrected chi connectivity index (χ0v) is 9.86. The summed E-state index contributed by atoms with van der Waals surface area (Å²) < 4.78 is 1.82. The van der Waals surface area contributed by atoms with Gasteiger partial charge in [0, 0.05) is 30.9 Å². The summed E-state index contributed by atoms with van der Waals surface area (Å²) in [5.74, 6) is 1.73. The fourth-order valence-electron chi connectivity index (χ4n) is 2.29. The largest absolute Gasteiger partial charge is 0.340 e. The topological polar surface area (TPSA) is 38.1 Å². The molecule has 0 N–H and O–H groups in total. The molecule has 1 aliphatic carbocycles. The van der Waals surface area contributed by atoms with Gasteiger partial charge >= 0.3 is 0 Å². The van der Waals surface area contributed by atoms with Crippen molar-refractivity contribution in [1.29, 1.82) is 0 Å². The van der Waals surface area contributed by atoms with Gasteiger partial charge in [-0.15, -0.1) is 0 Å². The van der Waals surface area contributed by atoms with Gasteiger partial charge in [-0.05, 0) is 32.6 Å². The van der Waals surface area contributed by atoms with Crippen molar-refractivity contribution < 1.29 is 0 Å². The van der Waals surface area contributed by atoms with Crippen molar-refractivity contribution in [2.24, 2.45) is 5.92 Å². The molecule has 0 spiro atoms. The van der Waals surface area contributed by atoms with Crippen LogP contribution in [0.5, 0.6) is 0 Å². The maximum atomic E-state index is 12.0. The highest BCUT2D eigenvalue weighted by molar-refractivity contribution is 5.38. The van der Waals surface area contributed by atoms with Crippen molar-refractivity contribution in [2.75, 3.05) is 18.0 Å². The van der Waals surface area contributed by atoms with Crippen LogP contribution in [0.1, 0.15) is 24.1 Å². The molecule has 1 saturated carbocycles. The summed E-state index contributed by atoms with van der Waals surface area (Å²) in [6.45, 7) is 6.61. The molecule has 1 aromatic heterocycles. The fraction of sp³-hybridized carbons (Fsp3) is 0.667. The maximum Gasteiger partial charge on any atom is 0.258 e. The first-order chi connectivity index (χ1) is 7.66. The number of hydrogen-bond donors (Lipinski definition) is 0. The quantitative estimate of drug-likeness (QED) is 0.747. The minimum atomic E-state index is 0.140. The minimum absolute atomic E-state index is 0.140. The summed E-state index contributed by atoms with van der Waals surface area (Å²) in [6.07, 6.45) is 2.68. The van der Waals surface area contributed by atoms with E-state index < -0.39 is 0 Å². The predicted octanol–water partition coefficient (Wildman–Crippen LogP) is 1.09. The second-order valence-electron chi connectivity index (χ2n) is 4.97. The summed E-state index contributed by atoms with van der Waals surface area (Å²) >= 11 is 0. The van der Waals surface area contributed by atoms with Crippen LogP contribution in [0.15, 0.2) is 4.79 Å². The highest BCUT2D eigenvalue weighted by Crippen LogP contribution is 2.32. The van der Waals surface area contributed by atoms with E-state index in [2.05, 4.69) is 9.88 Å². The average molecular weight is 219 g/mol. The number of rotatable bonds is 2. The molecular weight excluding hydrogens is 202 g/mol. The molecule has 4 heteroatoms. The van der Waals surface area contributed by atoms with Gasteiger partial charge < -0.3 is 4.90 Å². The van der Waals surface area contributed by atoms with Crippen molar-refractivity contribution in [2.45, 2.75) is 33.2 Å². The van der Waals surface area contributed by atoms with Crippen LogP contribution < -0.4 is 10.5 Å². The standard InChI is InChI=1S/C12H17N3O/c1-8-9(2)13-12-14(7-10-3-4-10)5-6-15(12)11(8)16/h10H,3-7H2,1-2H3. The van der Waals surface area contributed by atoms with Crippen LogP contribution in [0.2, 0.25) is 0 Å². The first-order valence-corrected chi connectivity index (χ1v) is 6.00. The van der Waals surface area contributed by atoms with Crippen LogP contribution in [0.3, 0.4) is 0 Å². The van der Waals surface area contributed by atoms with Crippen molar-refractivity contribution in [3.63, 3.8) is 0 Å². The van der Waals surface area contributed by atoms with Gasteiger partial charge in [0.2, 0.25) is 5.95 Å². The molecular formula is C12H17N3O. The van der Waals surface area contributed by atoms with Gasteiger partial charge in [-0.1, -0.05) is 0 Å². The Morgan fingerprint density at radius 2 is 2.06 bits per heavy atom. The Kier molecular flexibility index (Phi) is 2.06. The molecule has 3 rings (SSSR count). The molecule has 0 bridgehead atoms. The van der Waals surface area contributed by atoms with E-state index in [1.54, 1.807) is 0 Å². The van der Waals surface area contributed by atoms with Crippen molar-refractivity contribution >= 4 is 5.95 Å². The molecule has 0 atom stereocenters. The molecule has 16 heavy (non-hydrogen) atoms. The number of anilines is 1. The van der Waals surface area contributed by atoms with Gasteiger partial charge in [0.05, 0.1) is 0 Å². The first kappa shape index (κ1) is 9.87. The smallest absolute Gasteiger partial charge is 0.258 e. The Hall–Kier alpha value is -1.32. The van der Waals surface area contributed by atoms with E-state index in [0.29, 0.717) is 0 Å². The molecule has 1 fully saturated rings. The summed E-state index contributed by atoms with van der Waals surface area (Å²) in [7, 11) is 0. The number of aryl methyl sites for hydroxylation is 1. The lowest BCUT2D eigenvalue weighted by molar-refractivity contribution is 0.721. The Labute approximate surface area is 94.9 Å². The van der Waals surface area contributed by atoms with Crippen LogP contribution in [-0.2, 0) is 6.54 Å². The van der Waals surface area contributed by atoms with E-state index >= 15 is 0 Å². The molecule has 2 aliphatic rings. The van der Waals surface area contributed by atoms with Crippen LogP contribution >= 0.6 is 0 Å². The van der Waals surface area contributed by atoms with Gasteiger partial charge in [-0.2, -0.15) is 0 Å². The van der Waals surface area contributed by atoms with Crippen LogP contribution in [0.4, 0.5) is 5.95 Å². The minimum Gasteiger partial charge on any atom is -0.340 e. The Morgan fingerprint density at radius 3 is 2.75 bits per heavy atom. The Bertz CT molecular complexity index is 488. The first-order valence-electron chi connectivity index (χ1n) is 6.00. The van der Waals surface area contributed by atoms with Crippen LogP contribution in [-0.4, -0.2) is 22.6 Å². The van der Waals surface area contributed by atoms with Crippen molar-refractivity contribution in [3.05, 3.63) is 21.6 Å². The fourth-order valence-corrected chi connectivity index (χ4v) is 2.29. The molecule has 0 unspecified atom stereocenters. The molecule has 0 aromatic carbocycles. The summed E-state index contributed by atoms with van der Waals surface area (Å²) in [5.41, 5.74) is 1.80. The second-order valence-corrected chi connectivity index (χ2v) is 4.97. The highest BCUT2D eigenvalue weighted by atomic mass is 16.1. The maximum absolute atomic E-state index is 12.0. The van der Waals surface area contributed by atoms with Gasteiger partial charge in [-0.3, -0.25) is 9.36 Å². The lowest BCUT2D eigenvalue weighted by Crippen LogP contribution is -2.26. The third kappa shape index (κ3) is 1.44. The number of fused-ring (bicyclic) bond motifs is 1. The molecule has 1 aliphatic heterocycles. The Balaban J connectivity index is 2.01.